The van der Waals surface area contributed by atoms with Crippen molar-refractivity contribution in [3.8, 4) is 12.3 Å². The first-order valence-electron chi connectivity index (χ1n) is 5.16. The minimum atomic E-state index is 0.162. The number of terminal acetylenes is 1. The molecule has 5 unspecified atom stereocenters. The molecule has 5 atom stereocenters. The summed E-state index contributed by atoms with van der Waals surface area (Å²) in [5.41, 5.74) is 2.80. The van der Waals surface area contributed by atoms with Gasteiger partial charge in [0.25, 0.3) is 0 Å². The molecular weight excluding hydrogens is 176 g/mol. The Labute approximate surface area is 86.4 Å². The summed E-state index contributed by atoms with van der Waals surface area (Å²) in [6.45, 7) is 6.38. The van der Waals surface area contributed by atoms with Crippen LogP contribution in [0.4, 0.5) is 0 Å². The van der Waals surface area contributed by atoms with E-state index in [0.717, 1.165) is 0 Å². The van der Waals surface area contributed by atoms with Crippen molar-refractivity contribution in [1.29, 1.82) is 0 Å². The molecule has 1 heterocycles. The Morgan fingerprint density at radius 3 is 2.43 bits per heavy atom. The standard InChI is InChI=1S/C11H20N2O/c1-5-6-10(13-12)11-7(2)8(3)14-9(11)4/h1,7-11,13H,6,12H2,2-4H3. The van der Waals surface area contributed by atoms with Crippen molar-refractivity contribution < 1.29 is 4.74 Å². The Bertz CT molecular complexity index is 224. The van der Waals surface area contributed by atoms with Gasteiger partial charge in [-0.15, -0.1) is 12.3 Å². The molecule has 0 saturated carbocycles. The van der Waals surface area contributed by atoms with Crippen molar-refractivity contribution in [3.63, 3.8) is 0 Å². The Hall–Kier alpha value is -0.560. The van der Waals surface area contributed by atoms with Crippen LogP contribution < -0.4 is 11.3 Å². The van der Waals surface area contributed by atoms with Crippen molar-refractivity contribution in [2.45, 2.75) is 45.4 Å². The highest BCUT2D eigenvalue weighted by molar-refractivity contribution is 4.97. The van der Waals surface area contributed by atoms with Crippen LogP contribution in [0.1, 0.15) is 27.2 Å². The van der Waals surface area contributed by atoms with Gasteiger partial charge in [0.2, 0.25) is 0 Å². The summed E-state index contributed by atoms with van der Waals surface area (Å²) < 4.78 is 5.75. The van der Waals surface area contributed by atoms with E-state index in [9.17, 15) is 0 Å². The maximum Gasteiger partial charge on any atom is 0.0598 e. The molecule has 14 heavy (non-hydrogen) atoms. The molecule has 1 fully saturated rings. The third kappa shape index (κ3) is 2.09. The van der Waals surface area contributed by atoms with E-state index in [0.29, 0.717) is 24.4 Å². The number of hydrogen-bond acceptors (Lipinski definition) is 3. The van der Waals surface area contributed by atoms with Crippen LogP contribution >= 0.6 is 0 Å². The number of hydrogen-bond donors (Lipinski definition) is 2. The van der Waals surface area contributed by atoms with E-state index in [1.54, 1.807) is 0 Å². The molecule has 3 nitrogen and oxygen atoms in total. The van der Waals surface area contributed by atoms with Gasteiger partial charge in [0.1, 0.15) is 0 Å². The third-order valence-corrected chi connectivity index (χ3v) is 3.34. The van der Waals surface area contributed by atoms with E-state index in [2.05, 4.69) is 32.1 Å². The van der Waals surface area contributed by atoms with Gasteiger partial charge in [0, 0.05) is 18.4 Å². The molecule has 0 aromatic heterocycles. The van der Waals surface area contributed by atoms with E-state index in [4.69, 9.17) is 17.0 Å². The van der Waals surface area contributed by atoms with Gasteiger partial charge < -0.3 is 4.74 Å². The topological polar surface area (TPSA) is 47.3 Å². The fraction of sp³-hybridized carbons (Fsp3) is 0.818. The highest BCUT2D eigenvalue weighted by atomic mass is 16.5. The van der Waals surface area contributed by atoms with Gasteiger partial charge in [-0.2, -0.15) is 0 Å². The minimum Gasteiger partial charge on any atom is -0.375 e. The van der Waals surface area contributed by atoms with Gasteiger partial charge in [-0.3, -0.25) is 11.3 Å². The summed E-state index contributed by atoms with van der Waals surface area (Å²) in [4.78, 5) is 0. The minimum absolute atomic E-state index is 0.162. The summed E-state index contributed by atoms with van der Waals surface area (Å²) in [6, 6.07) is 0.162. The predicted molar refractivity (Wildman–Crippen MR) is 57.2 cm³/mol. The fourth-order valence-electron chi connectivity index (χ4n) is 2.42. The zero-order chi connectivity index (χ0) is 10.7. The van der Waals surface area contributed by atoms with Crippen LogP contribution in [0.2, 0.25) is 0 Å². The molecule has 0 amide bonds. The molecule has 3 heteroatoms. The first-order chi connectivity index (χ1) is 6.61. The highest BCUT2D eigenvalue weighted by Crippen LogP contribution is 2.34. The van der Waals surface area contributed by atoms with Crippen LogP contribution in [0.5, 0.6) is 0 Å². The van der Waals surface area contributed by atoms with Crippen molar-refractivity contribution in [2.75, 3.05) is 0 Å². The molecule has 1 rings (SSSR count). The zero-order valence-corrected chi connectivity index (χ0v) is 9.16. The van der Waals surface area contributed by atoms with Gasteiger partial charge >= 0.3 is 0 Å². The van der Waals surface area contributed by atoms with E-state index >= 15 is 0 Å². The summed E-state index contributed by atoms with van der Waals surface area (Å²) in [5.74, 6) is 9.07. The van der Waals surface area contributed by atoms with Crippen LogP contribution in [0.15, 0.2) is 0 Å². The average molecular weight is 196 g/mol. The maximum atomic E-state index is 5.75. The van der Waals surface area contributed by atoms with Crippen molar-refractivity contribution in [1.82, 2.24) is 5.43 Å². The van der Waals surface area contributed by atoms with Gasteiger partial charge in [-0.05, 0) is 19.8 Å². The lowest BCUT2D eigenvalue weighted by atomic mass is 9.82. The van der Waals surface area contributed by atoms with Gasteiger partial charge in [0.15, 0.2) is 0 Å². The number of ether oxygens (including phenoxy) is 1. The summed E-state index contributed by atoms with van der Waals surface area (Å²) in [5, 5.41) is 0. The smallest absolute Gasteiger partial charge is 0.0598 e. The van der Waals surface area contributed by atoms with Gasteiger partial charge in [-0.1, -0.05) is 6.92 Å². The van der Waals surface area contributed by atoms with Crippen molar-refractivity contribution in [2.24, 2.45) is 17.7 Å². The molecule has 0 radical (unpaired) electrons. The lowest BCUT2D eigenvalue weighted by Crippen LogP contribution is -2.45. The summed E-state index contributed by atoms with van der Waals surface area (Å²) >= 11 is 0. The second kappa shape index (κ2) is 4.79. The number of rotatable bonds is 3. The zero-order valence-electron chi connectivity index (χ0n) is 9.16. The molecule has 0 aromatic rings. The normalized spacial score (nSPS) is 39.4. The monoisotopic (exact) mass is 196 g/mol. The summed E-state index contributed by atoms with van der Waals surface area (Å²) in [6.07, 6.45) is 6.50. The number of hydrazine groups is 1. The van der Waals surface area contributed by atoms with Crippen LogP contribution in [0, 0.1) is 24.2 Å². The predicted octanol–water partition coefficient (Wildman–Crippen LogP) is 0.901. The van der Waals surface area contributed by atoms with Crippen LogP contribution in [-0.2, 0) is 4.74 Å². The van der Waals surface area contributed by atoms with E-state index < -0.39 is 0 Å². The molecular formula is C11H20N2O. The molecule has 80 valence electrons. The average Bonchev–Trinajstić information content (AvgIpc) is 2.39. The maximum absolute atomic E-state index is 5.75. The molecule has 0 bridgehead atoms. The van der Waals surface area contributed by atoms with E-state index in [-0.39, 0.29) is 12.1 Å². The first-order valence-corrected chi connectivity index (χ1v) is 5.16. The van der Waals surface area contributed by atoms with Crippen LogP contribution in [-0.4, -0.2) is 18.2 Å². The second-order valence-electron chi connectivity index (χ2n) is 4.16. The molecule has 0 aromatic carbocycles. The van der Waals surface area contributed by atoms with E-state index in [1.807, 2.05) is 0 Å². The third-order valence-electron chi connectivity index (χ3n) is 3.34. The Kier molecular flexibility index (Phi) is 3.94. The quantitative estimate of drug-likeness (QED) is 0.400. The lowest BCUT2D eigenvalue weighted by molar-refractivity contribution is 0.0477. The van der Waals surface area contributed by atoms with Crippen molar-refractivity contribution in [3.05, 3.63) is 0 Å². The molecule has 3 N–H and O–H groups in total. The van der Waals surface area contributed by atoms with Crippen LogP contribution in [0.25, 0.3) is 0 Å². The van der Waals surface area contributed by atoms with Crippen LogP contribution in [0.3, 0.4) is 0 Å². The Morgan fingerprint density at radius 2 is 2.07 bits per heavy atom. The first kappa shape index (κ1) is 11.5. The Balaban J connectivity index is 2.69. The molecule has 0 aliphatic carbocycles. The summed E-state index contributed by atoms with van der Waals surface area (Å²) in [7, 11) is 0. The van der Waals surface area contributed by atoms with E-state index in [1.165, 1.54) is 0 Å². The van der Waals surface area contributed by atoms with Gasteiger partial charge in [-0.25, -0.2) is 0 Å². The SMILES string of the molecule is C#CCC(NN)C1C(C)OC(C)C1C. The fourth-order valence-corrected chi connectivity index (χ4v) is 2.42. The molecule has 1 aliphatic heterocycles. The van der Waals surface area contributed by atoms with Gasteiger partial charge in [0.05, 0.1) is 12.2 Å². The highest BCUT2D eigenvalue weighted by Gasteiger charge is 2.40. The molecule has 1 saturated heterocycles. The largest absolute Gasteiger partial charge is 0.375 e. The van der Waals surface area contributed by atoms with Crippen molar-refractivity contribution >= 4 is 0 Å². The molecule has 0 spiro atoms. The number of nitrogens with two attached hydrogens (primary N) is 1. The second-order valence-corrected chi connectivity index (χ2v) is 4.16. The number of nitrogens with one attached hydrogen (secondary N) is 1. The molecule has 1 aliphatic rings. The Morgan fingerprint density at radius 1 is 1.43 bits per heavy atom. The lowest BCUT2D eigenvalue weighted by Gasteiger charge is -2.26.